The molecule has 1 aromatic carbocycles. The molecule has 0 saturated carbocycles. The monoisotopic (exact) mass is 372 g/mol. The van der Waals surface area contributed by atoms with Gasteiger partial charge in [-0.3, -0.25) is 14.7 Å². The molecule has 0 bridgehead atoms. The fourth-order valence-corrected chi connectivity index (χ4v) is 4.13. The summed E-state index contributed by atoms with van der Waals surface area (Å²) >= 11 is 0. The number of H-pyrrole nitrogens is 1. The smallest absolute Gasteiger partial charge is 0.255 e. The van der Waals surface area contributed by atoms with Crippen LogP contribution in [0.25, 0.3) is 10.9 Å². The molecule has 7 nitrogen and oxygen atoms in total. The molecular weight excluding hydrogens is 352 g/mol. The van der Waals surface area contributed by atoms with Crippen LogP contribution in [0.5, 0.6) is 0 Å². The van der Waals surface area contributed by atoms with Crippen molar-refractivity contribution in [3.8, 4) is 0 Å². The van der Waals surface area contributed by atoms with E-state index in [1.807, 2.05) is 19.2 Å². The third kappa shape index (κ3) is 2.95. The van der Waals surface area contributed by atoms with E-state index in [0.29, 0.717) is 24.2 Å². The van der Waals surface area contributed by atoms with Crippen LogP contribution in [0.15, 0.2) is 40.4 Å². The molecule has 136 valence electrons. The number of hydrogen-bond acceptors (Lipinski definition) is 5. The molecule has 0 radical (unpaired) electrons. The Morgan fingerprint density at radius 3 is 2.81 bits per heavy atom. The molecule has 8 heteroatoms. The van der Waals surface area contributed by atoms with Gasteiger partial charge >= 0.3 is 0 Å². The molecule has 3 aromatic rings. The van der Waals surface area contributed by atoms with Crippen molar-refractivity contribution >= 4 is 20.7 Å². The summed E-state index contributed by atoms with van der Waals surface area (Å²) in [5, 5.41) is 0.949. The Hall–Kier alpha value is -2.45. The summed E-state index contributed by atoms with van der Waals surface area (Å²) < 4.78 is 25.6. The summed E-state index contributed by atoms with van der Waals surface area (Å²) in [6.45, 7) is 1.92. The highest BCUT2D eigenvalue weighted by atomic mass is 32.2. The molecule has 0 atom stereocenters. The fourth-order valence-electron chi connectivity index (χ4n) is 3.57. The number of hydrogen-bond donors (Lipinski definition) is 1. The van der Waals surface area contributed by atoms with E-state index in [0.717, 1.165) is 19.3 Å². The summed E-state index contributed by atoms with van der Waals surface area (Å²) in [6, 6.07) is 8.24. The number of aromatic nitrogens is 3. The molecule has 1 aliphatic heterocycles. The number of benzene rings is 1. The Kier molecular flexibility index (Phi) is 3.96. The first-order valence-electron chi connectivity index (χ1n) is 8.40. The van der Waals surface area contributed by atoms with Crippen LogP contribution in [0.4, 0.5) is 0 Å². The second-order valence-corrected chi connectivity index (χ2v) is 8.74. The SMILES string of the molecule is Cn1cc(CN2CCc3c(nc(S(C)(=O)=O)[nH]c3=O)C2)c2ccccc21. The lowest BCUT2D eigenvalue weighted by atomic mass is 10.1. The zero-order chi connectivity index (χ0) is 18.5. The van der Waals surface area contributed by atoms with Crippen LogP contribution in [0, 0.1) is 0 Å². The molecule has 0 spiro atoms. The zero-order valence-corrected chi connectivity index (χ0v) is 15.5. The quantitative estimate of drug-likeness (QED) is 0.699. The van der Waals surface area contributed by atoms with Crippen molar-refractivity contribution in [3.63, 3.8) is 0 Å². The van der Waals surface area contributed by atoms with Crippen molar-refractivity contribution in [1.29, 1.82) is 0 Å². The van der Waals surface area contributed by atoms with Crippen LogP contribution in [0.1, 0.15) is 16.8 Å². The first kappa shape index (κ1) is 17.0. The van der Waals surface area contributed by atoms with Gasteiger partial charge in [0.05, 0.1) is 5.69 Å². The zero-order valence-electron chi connectivity index (χ0n) is 14.7. The van der Waals surface area contributed by atoms with Crippen LogP contribution < -0.4 is 5.56 Å². The number of nitrogens with one attached hydrogen (secondary N) is 1. The van der Waals surface area contributed by atoms with Crippen LogP contribution in [-0.4, -0.2) is 40.7 Å². The lowest BCUT2D eigenvalue weighted by Gasteiger charge is -2.27. The van der Waals surface area contributed by atoms with Crippen molar-refractivity contribution < 1.29 is 8.42 Å². The second kappa shape index (κ2) is 6.07. The predicted molar refractivity (Wildman–Crippen MR) is 98.7 cm³/mol. The van der Waals surface area contributed by atoms with E-state index in [9.17, 15) is 13.2 Å². The van der Waals surface area contributed by atoms with Gasteiger partial charge in [0.25, 0.3) is 5.56 Å². The molecule has 2 aromatic heterocycles. The van der Waals surface area contributed by atoms with Gasteiger partial charge in [-0.15, -0.1) is 0 Å². The molecule has 4 rings (SSSR count). The second-order valence-electron chi connectivity index (χ2n) is 6.81. The summed E-state index contributed by atoms with van der Waals surface area (Å²) in [5.41, 5.74) is 3.18. The Morgan fingerprint density at radius 2 is 2.04 bits per heavy atom. The molecule has 0 unspecified atom stereocenters. The average Bonchev–Trinajstić information content (AvgIpc) is 2.90. The van der Waals surface area contributed by atoms with E-state index in [-0.39, 0.29) is 10.7 Å². The van der Waals surface area contributed by atoms with Gasteiger partial charge < -0.3 is 4.57 Å². The molecule has 1 aliphatic rings. The normalized spacial score (nSPS) is 15.3. The van der Waals surface area contributed by atoms with Crippen LogP contribution in [-0.2, 0) is 36.4 Å². The summed E-state index contributed by atoms with van der Waals surface area (Å²) in [5.74, 6) is 0. The average molecular weight is 372 g/mol. The molecule has 0 fully saturated rings. The van der Waals surface area contributed by atoms with E-state index in [4.69, 9.17) is 0 Å². The molecule has 26 heavy (non-hydrogen) atoms. The number of sulfone groups is 1. The first-order chi connectivity index (χ1) is 12.3. The highest BCUT2D eigenvalue weighted by Crippen LogP contribution is 2.24. The Labute approximate surface area is 151 Å². The van der Waals surface area contributed by atoms with Gasteiger partial charge in [0.1, 0.15) is 0 Å². The van der Waals surface area contributed by atoms with Crippen LogP contribution in [0.3, 0.4) is 0 Å². The Balaban J connectivity index is 1.66. The van der Waals surface area contributed by atoms with Gasteiger partial charge in [0.15, 0.2) is 0 Å². The summed E-state index contributed by atoms with van der Waals surface area (Å²) in [4.78, 5) is 21.0. The van der Waals surface area contributed by atoms with Gasteiger partial charge in [0, 0.05) is 55.6 Å². The lowest BCUT2D eigenvalue weighted by Crippen LogP contribution is -2.35. The van der Waals surface area contributed by atoms with Gasteiger partial charge in [-0.05, 0) is 18.1 Å². The molecular formula is C18H20N4O3S. The van der Waals surface area contributed by atoms with E-state index in [1.54, 1.807) is 0 Å². The lowest BCUT2D eigenvalue weighted by molar-refractivity contribution is 0.240. The van der Waals surface area contributed by atoms with E-state index in [2.05, 4.69) is 37.8 Å². The third-order valence-electron chi connectivity index (χ3n) is 4.86. The van der Waals surface area contributed by atoms with Crippen LogP contribution >= 0.6 is 0 Å². The first-order valence-corrected chi connectivity index (χ1v) is 10.3. The Morgan fingerprint density at radius 1 is 1.27 bits per heavy atom. The fraction of sp³-hybridized carbons (Fsp3) is 0.333. The number of para-hydroxylation sites is 1. The van der Waals surface area contributed by atoms with Crippen LogP contribution in [0.2, 0.25) is 0 Å². The number of nitrogens with zero attached hydrogens (tertiary/aromatic N) is 3. The minimum absolute atomic E-state index is 0.256. The van der Waals surface area contributed by atoms with Crippen molar-refractivity contribution in [3.05, 3.63) is 57.6 Å². The summed E-state index contributed by atoms with van der Waals surface area (Å²) in [7, 11) is -1.52. The molecule has 0 amide bonds. The third-order valence-corrected chi connectivity index (χ3v) is 5.75. The van der Waals surface area contributed by atoms with Crippen molar-refractivity contribution in [2.75, 3.05) is 12.8 Å². The molecule has 0 saturated heterocycles. The van der Waals surface area contributed by atoms with Gasteiger partial charge in [-0.2, -0.15) is 0 Å². The minimum atomic E-state index is -3.55. The minimum Gasteiger partial charge on any atom is -0.350 e. The predicted octanol–water partition coefficient (Wildman–Crippen LogP) is 1.22. The standard InChI is InChI=1S/C18H20N4O3S/c1-21-9-12(13-5-3-4-6-16(13)21)10-22-8-7-14-15(11-22)19-18(20-17(14)23)26(2,24)25/h3-6,9H,7-8,10-11H2,1-2H3,(H,19,20,23). The number of rotatable bonds is 3. The van der Waals surface area contributed by atoms with Gasteiger partial charge in [0.2, 0.25) is 15.0 Å². The maximum atomic E-state index is 12.2. The van der Waals surface area contributed by atoms with E-state index in [1.165, 1.54) is 16.5 Å². The Bertz CT molecular complexity index is 1160. The molecule has 1 N–H and O–H groups in total. The molecule has 3 heterocycles. The van der Waals surface area contributed by atoms with E-state index < -0.39 is 9.84 Å². The molecule has 0 aliphatic carbocycles. The number of aromatic amines is 1. The highest BCUT2D eigenvalue weighted by molar-refractivity contribution is 7.90. The van der Waals surface area contributed by atoms with Crippen molar-refractivity contribution in [2.24, 2.45) is 7.05 Å². The van der Waals surface area contributed by atoms with Gasteiger partial charge in [-0.1, -0.05) is 18.2 Å². The maximum absolute atomic E-state index is 12.2. The maximum Gasteiger partial charge on any atom is 0.255 e. The topological polar surface area (TPSA) is 88.1 Å². The number of fused-ring (bicyclic) bond motifs is 2. The largest absolute Gasteiger partial charge is 0.350 e. The van der Waals surface area contributed by atoms with Crippen molar-refractivity contribution in [1.82, 2.24) is 19.4 Å². The van der Waals surface area contributed by atoms with Gasteiger partial charge in [-0.25, -0.2) is 13.4 Å². The van der Waals surface area contributed by atoms with E-state index >= 15 is 0 Å². The highest BCUT2D eigenvalue weighted by Gasteiger charge is 2.24. The number of aryl methyl sites for hydroxylation is 1. The van der Waals surface area contributed by atoms with Crippen molar-refractivity contribution in [2.45, 2.75) is 24.7 Å². The summed E-state index contributed by atoms with van der Waals surface area (Å²) in [6.07, 6.45) is 3.73.